The van der Waals surface area contributed by atoms with E-state index >= 15 is 0 Å². The molecule has 0 bridgehead atoms. The number of hydrogen-bond donors (Lipinski definition) is 0. The van der Waals surface area contributed by atoms with Crippen LogP contribution in [0, 0.1) is 0 Å². The van der Waals surface area contributed by atoms with Crippen molar-refractivity contribution in [1.82, 2.24) is 24.4 Å². The molecular weight excluding hydrogens is 380 g/mol. The SMILES string of the molecule is CCS(=O)(=O)c1ncc(CN2CCCN(c3ncccn3)CC2)n1CCOC. The maximum Gasteiger partial charge on any atom is 0.227 e. The minimum Gasteiger partial charge on any atom is -0.383 e. The Morgan fingerprint density at radius 2 is 1.89 bits per heavy atom. The van der Waals surface area contributed by atoms with Crippen molar-refractivity contribution in [3.8, 4) is 0 Å². The van der Waals surface area contributed by atoms with Crippen molar-refractivity contribution in [3.05, 3.63) is 30.4 Å². The Hall–Kier alpha value is -2.04. The van der Waals surface area contributed by atoms with E-state index in [4.69, 9.17) is 4.74 Å². The van der Waals surface area contributed by atoms with Crippen molar-refractivity contribution in [2.45, 2.75) is 31.6 Å². The fraction of sp³-hybridized carbons (Fsp3) is 0.611. The molecule has 0 amide bonds. The van der Waals surface area contributed by atoms with E-state index in [-0.39, 0.29) is 10.9 Å². The minimum absolute atomic E-state index is 0.0339. The van der Waals surface area contributed by atoms with Gasteiger partial charge in [-0.05, 0) is 12.5 Å². The number of imidazole rings is 1. The van der Waals surface area contributed by atoms with Gasteiger partial charge in [0.2, 0.25) is 20.9 Å². The van der Waals surface area contributed by atoms with E-state index in [0.717, 1.165) is 44.2 Å². The van der Waals surface area contributed by atoms with E-state index in [1.54, 1.807) is 37.2 Å². The largest absolute Gasteiger partial charge is 0.383 e. The van der Waals surface area contributed by atoms with Gasteiger partial charge in [-0.2, -0.15) is 0 Å². The molecule has 3 rings (SSSR count). The quantitative estimate of drug-likeness (QED) is 0.634. The lowest BCUT2D eigenvalue weighted by atomic mass is 10.3. The molecule has 1 fully saturated rings. The van der Waals surface area contributed by atoms with Gasteiger partial charge in [-0.25, -0.2) is 23.4 Å². The van der Waals surface area contributed by atoms with Crippen LogP contribution in [-0.2, 0) is 27.7 Å². The smallest absolute Gasteiger partial charge is 0.227 e. The molecule has 0 aliphatic carbocycles. The molecule has 0 atom stereocenters. The van der Waals surface area contributed by atoms with E-state index in [0.29, 0.717) is 19.7 Å². The van der Waals surface area contributed by atoms with Crippen molar-refractivity contribution >= 4 is 15.8 Å². The van der Waals surface area contributed by atoms with Crippen LogP contribution in [-0.4, -0.2) is 78.5 Å². The molecule has 0 saturated carbocycles. The van der Waals surface area contributed by atoms with E-state index in [1.165, 1.54) is 0 Å². The van der Waals surface area contributed by atoms with E-state index in [1.807, 2.05) is 6.07 Å². The van der Waals surface area contributed by atoms with E-state index < -0.39 is 9.84 Å². The fourth-order valence-corrected chi connectivity index (χ4v) is 4.35. The highest BCUT2D eigenvalue weighted by Gasteiger charge is 2.23. The summed E-state index contributed by atoms with van der Waals surface area (Å²) in [6, 6.07) is 1.82. The van der Waals surface area contributed by atoms with Crippen molar-refractivity contribution in [2.75, 3.05) is 50.5 Å². The second-order valence-electron chi connectivity index (χ2n) is 6.75. The number of rotatable bonds is 8. The maximum absolute atomic E-state index is 12.4. The van der Waals surface area contributed by atoms with Gasteiger partial charge in [0.05, 0.1) is 24.3 Å². The molecule has 3 heterocycles. The molecular formula is C18H28N6O3S. The fourth-order valence-electron chi connectivity index (χ4n) is 3.33. The van der Waals surface area contributed by atoms with Crippen molar-refractivity contribution in [1.29, 1.82) is 0 Å². The van der Waals surface area contributed by atoms with Gasteiger partial charge in [-0.15, -0.1) is 0 Å². The first kappa shape index (κ1) is 20.7. The molecule has 9 nitrogen and oxygen atoms in total. The van der Waals surface area contributed by atoms with Gasteiger partial charge in [-0.1, -0.05) is 6.92 Å². The number of methoxy groups -OCH3 is 1. The summed E-state index contributed by atoms with van der Waals surface area (Å²) in [4.78, 5) is 17.4. The average molecular weight is 409 g/mol. The maximum atomic E-state index is 12.4. The lowest BCUT2D eigenvalue weighted by Crippen LogP contribution is -2.32. The monoisotopic (exact) mass is 408 g/mol. The molecule has 1 saturated heterocycles. The summed E-state index contributed by atoms with van der Waals surface area (Å²) in [6.07, 6.45) is 6.19. The number of anilines is 1. The Bertz CT molecular complexity index is 855. The number of aromatic nitrogens is 4. The standard InChI is InChI=1S/C18H28N6O3S/c1-3-28(25,26)18-21-14-16(24(18)12-13-27-2)15-22-8-5-9-23(11-10-22)17-19-6-4-7-20-17/h4,6-7,14H,3,5,8-13,15H2,1-2H3. The average Bonchev–Trinajstić information content (AvgIpc) is 2.97. The summed E-state index contributed by atoms with van der Waals surface area (Å²) in [6.45, 7) is 6.71. The zero-order valence-corrected chi connectivity index (χ0v) is 17.3. The highest BCUT2D eigenvalue weighted by atomic mass is 32.2. The summed E-state index contributed by atoms with van der Waals surface area (Å²) < 4.78 is 31.7. The Kier molecular flexibility index (Phi) is 6.97. The zero-order chi connectivity index (χ0) is 20.0. The van der Waals surface area contributed by atoms with Crippen LogP contribution < -0.4 is 4.90 Å². The predicted molar refractivity (Wildman–Crippen MR) is 106 cm³/mol. The molecule has 0 spiro atoms. The molecule has 1 aliphatic rings. The minimum atomic E-state index is -3.38. The van der Waals surface area contributed by atoms with Crippen molar-refractivity contribution in [3.63, 3.8) is 0 Å². The van der Waals surface area contributed by atoms with Gasteiger partial charge in [0.25, 0.3) is 0 Å². The predicted octanol–water partition coefficient (Wildman–Crippen LogP) is 0.825. The van der Waals surface area contributed by atoms with Gasteiger partial charge in [0.1, 0.15) is 0 Å². The highest BCUT2D eigenvalue weighted by molar-refractivity contribution is 7.91. The third-order valence-corrected chi connectivity index (χ3v) is 6.53. The van der Waals surface area contributed by atoms with Crippen LogP contribution in [0.25, 0.3) is 0 Å². The van der Waals surface area contributed by atoms with Gasteiger partial charge in [0.15, 0.2) is 0 Å². The third kappa shape index (κ3) is 4.86. The second kappa shape index (κ2) is 9.44. The van der Waals surface area contributed by atoms with Crippen molar-refractivity contribution < 1.29 is 13.2 Å². The zero-order valence-electron chi connectivity index (χ0n) is 16.5. The number of ether oxygens (including phenoxy) is 1. The normalized spacial score (nSPS) is 16.3. The Labute approximate surface area is 166 Å². The summed E-state index contributed by atoms with van der Waals surface area (Å²) in [5, 5.41) is 0.135. The van der Waals surface area contributed by atoms with Crippen LogP contribution in [0.4, 0.5) is 5.95 Å². The Morgan fingerprint density at radius 3 is 2.61 bits per heavy atom. The Balaban J connectivity index is 1.72. The number of hydrogen-bond acceptors (Lipinski definition) is 8. The Morgan fingerprint density at radius 1 is 1.11 bits per heavy atom. The topological polar surface area (TPSA) is 93.5 Å². The molecule has 154 valence electrons. The van der Waals surface area contributed by atoms with E-state index in [9.17, 15) is 8.42 Å². The lowest BCUT2D eigenvalue weighted by Gasteiger charge is -2.22. The molecule has 0 N–H and O–H groups in total. The van der Waals surface area contributed by atoms with Gasteiger partial charge in [0, 0.05) is 58.8 Å². The highest BCUT2D eigenvalue weighted by Crippen LogP contribution is 2.17. The van der Waals surface area contributed by atoms with E-state index in [2.05, 4.69) is 24.8 Å². The summed E-state index contributed by atoms with van der Waals surface area (Å²) >= 11 is 0. The van der Waals surface area contributed by atoms with Crippen LogP contribution in [0.1, 0.15) is 19.0 Å². The van der Waals surface area contributed by atoms with Crippen molar-refractivity contribution in [2.24, 2.45) is 0 Å². The molecule has 2 aromatic rings. The lowest BCUT2D eigenvalue weighted by molar-refractivity contribution is 0.181. The molecule has 28 heavy (non-hydrogen) atoms. The third-order valence-electron chi connectivity index (χ3n) is 4.89. The van der Waals surface area contributed by atoms with Crippen LogP contribution in [0.2, 0.25) is 0 Å². The summed E-state index contributed by atoms with van der Waals surface area (Å²) in [5.41, 5.74) is 0.897. The molecule has 0 aromatic carbocycles. The van der Waals surface area contributed by atoms with Crippen LogP contribution in [0.5, 0.6) is 0 Å². The first-order valence-electron chi connectivity index (χ1n) is 9.55. The number of sulfone groups is 1. The number of nitrogens with zero attached hydrogens (tertiary/aromatic N) is 6. The van der Waals surface area contributed by atoms with Crippen LogP contribution in [0.15, 0.2) is 29.8 Å². The van der Waals surface area contributed by atoms with Crippen LogP contribution >= 0.6 is 0 Å². The molecule has 0 radical (unpaired) electrons. The summed E-state index contributed by atoms with van der Waals surface area (Å²) in [5.74, 6) is 0.789. The molecule has 0 unspecified atom stereocenters. The first-order valence-corrected chi connectivity index (χ1v) is 11.2. The molecule has 2 aromatic heterocycles. The molecule has 1 aliphatic heterocycles. The van der Waals surface area contributed by atoms with Gasteiger partial charge in [-0.3, -0.25) is 4.90 Å². The second-order valence-corrected chi connectivity index (χ2v) is 8.92. The van der Waals surface area contributed by atoms with Gasteiger partial charge >= 0.3 is 0 Å². The first-order chi connectivity index (χ1) is 13.5. The molecule has 10 heteroatoms. The van der Waals surface area contributed by atoms with Crippen LogP contribution in [0.3, 0.4) is 0 Å². The summed E-state index contributed by atoms with van der Waals surface area (Å²) in [7, 11) is -1.77. The van der Waals surface area contributed by atoms with Gasteiger partial charge < -0.3 is 14.2 Å².